The van der Waals surface area contributed by atoms with Gasteiger partial charge in [-0.1, -0.05) is 19.3 Å². The lowest BCUT2D eigenvalue weighted by Crippen LogP contribution is -2.53. The van der Waals surface area contributed by atoms with E-state index < -0.39 is 5.54 Å². The molecule has 176 valence electrons. The van der Waals surface area contributed by atoms with Crippen LogP contribution in [0, 0.1) is 0 Å². The molecule has 1 saturated heterocycles. The number of rotatable bonds is 5. The maximum atomic E-state index is 13.6. The first-order valence-corrected chi connectivity index (χ1v) is 12.2. The minimum absolute atomic E-state index is 0.0449. The second-order valence-electron chi connectivity index (χ2n) is 9.89. The Kier molecular flexibility index (Phi) is 6.98. The van der Waals surface area contributed by atoms with Crippen molar-refractivity contribution in [3.8, 4) is 0 Å². The number of anilines is 1. The Morgan fingerprint density at radius 1 is 1.09 bits per heavy atom. The molecule has 3 heterocycles. The van der Waals surface area contributed by atoms with Crippen molar-refractivity contribution in [1.29, 1.82) is 0 Å². The van der Waals surface area contributed by atoms with Gasteiger partial charge in [0.25, 0.3) is 0 Å². The van der Waals surface area contributed by atoms with Crippen LogP contribution in [0.4, 0.5) is 5.82 Å². The highest BCUT2D eigenvalue weighted by atomic mass is 16.2. The summed E-state index contributed by atoms with van der Waals surface area (Å²) >= 11 is 0. The monoisotopic (exact) mass is 442 g/mol. The second kappa shape index (κ2) is 9.73. The molecule has 1 saturated carbocycles. The molecule has 1 aromatic rings. The van der Waals surface area contributed by atoms with Gasteiger partial charge in [-0.3, -0.25) is 9.59 Å². The highest BCUT2D eigenvalue weighted by Crippen LogP contribution is 2.36. The highest BCUT2D eigenvalue weighted by molar-refractivity contribution is 5.80. The van der Waals surface area contributed by atoms with Crippen molar-refractivity contribution in [3.05, 3.63) is 17.1 Å². The van der Waals surface area contributed by atoms with Crippen LogP contribution in [-0.2, 0) is 22.6 Å². The number of carbonyl (C=O) groups is 2. The number of nitrogens with one attached hydrogen (secondary N) is 2. The van der Waals surface area contributed by atoms with Gasteiger partial charge in [0.15, 0.2) is 5.82 Å². The highest BCUT2D eigenvalue weighted by Gasteiger charge is 2.39. The molecule has 2 N–H and O–H groups in total. The Labute approximate surface area is 191 Å². The summed E-state index contributed by atoms with van der Waals surface area (Å²) in [5, 5.41) is 6.41. The zero-order valence-corrected chi connectivity index (χ0v) is 19.9. The molecule has 0 bridgehead atoms. The smallest absolute Gasteiger partial charge is 0.225 e. The fourth-order valence-electron chi connectivity index (χ4n) is 5.76. The molecule has 2 fully saturated rings. The van der Waals surface area contributed by atoms with Gasteiger partial charge in [0, 0.05) is 57.5 Å². The molecule has 0 spiro atoms. The van der Waals surface area contributed by atoms with E-state index in [-0.39, 0.29) is 17.9 Å². The summed E-state index contributed by atoms with van der Waals surface area (Å²) in [6.07, 6.45) is 9.30. The number of hydrogen-bond acceptors (Lipinski definition) is 6. The third-order valence-electron chi connectivity index (χ3n) is 7.37. The molecule has 0 aromatic carbocycles. The quantitative estimate of drug-likeness (QED) is 0.729. The number of likely N-dealkylation sites (N-methyl/N-ethyl adjacent to an activating group) is 1. The van der Waals surface area contributed by atoms with Gasteiger partial charge in [-0.15, -0.1) is 0 Å². The summed E-state index contributed by atoms with van der Waals surface area (Å²) in [5.41, 5.74) is 1.88. The third-order valence-corrected chi connectivity index (χ3v) is 7.37. The lowest BCUT2D eigenvalue weighted by atomic mass is 9.78. The normalized spacial score (nSPS) is 23.3. The summed E-state index contributed by atoms with van der Waals surface area (Å²) in [6.45, 7) is 4.12. The topological polar surface area (TPSA) is 90.5 Å². The SMILES string of the molecule is CNc1nc([C@H]2CCCCN2C(=O)CC2(NC(C)=O)CCCCC2)nc2c1CN(C)CC2. The number of hydrogen-bond donors (Lipinski definition) is 2. The number of carbonyl (C=O) groups excluding carboxylic acids is 2. The molecule has 3 aliphatic rings. The summed E-state index contributed by atoms with van der Waals surface area (Å²) in [6, 6.07) is -0.0914. The zero-order valence-electron chi connectivity index (χ0n) is 19.9. The molecule has 1 atom stereocenters. The fourth-order valence-corrected chi connectivity index (χ4v) is 5.76. The van der Waals surface area contributed by atoms with Crippen LogP contribution in [0.5, 0.6) is 0 Å². The predicted molar refractivity (Wildman–Crippen MR) is 124 cm³/mol. The number of likely N-dealkylation sites (tertiary alicyclic amines) is 1. The molecule has 1 aromatic heterocycles. The first-order valence-electron chi connectivity index (χ1n) is 12.2. The predicted octanol–water partition coefficient (Wildman–Crippen LogP) is 2.79. The van der Waals surface area contributed by atoms with Crippen LogP contribution in [0.2, 0.25) is 0 Å². The van der Waals surface area contributed by atoms with Gasteiger partial charge in [-0.25, -0.2) is 9.97 Å². The van der Waals surface area contributed by atoms with E-state index >= 15 is 0 Å². The van der Waals surface area contributed by atoms with E-state index in [9.17, 15) is 9.59 Å². The van der Waals surface area contributed by atoms with Crippen molar-refractivity contribution in [3.63, 3.8) is 0 Å². The summed E-state index contributed by atoms with van der Waals surface area (Å²) in [7, 11) is 4.03. The van der Waals surface area contributed by atoms with Crippen LogP contribution in [0.3, 0.4) is 0 Å². The van der Waals surface area contributed by atoms with E-state index in [2.05, 4.69) is 22.6 Å². The third kappa shape index (κ3) is 4.90. The van der Waals surface area contributed by atoms with Gasteiger partial charge in [0.2, 0.25) is 11.8 Å². The summed E-state index contributed by atoms with van der Waals surface area (Å²) in [4.78, 5) is 39.7. The number of nitrogens with zero attached hydrogens (tertiary/aromatic N) is 4. The standard InChI is InChI=1S/C24H38N6O2/c1-17(31)28-24(11-6-4-7-12-24)15-21(32)30-13-8-5-9-20(30)23-26-19-10-14-29(3)16-18(19)22(25-2)27-23/h20H,4-16H2,1-3H3,(H,28,31)(H,25,26,27)/t20-/m1/s1. The van der Waals surface area contributed by atoms with Crippen molar-refractivity contribution >= 4 is 17.6 Å². The molecule has 8 heteroatoms. The largest absolute Gasteiger partial charge is 0.373 e. The van der Waals surface area contributed by atoms with Crippen LogP contribution in [-0.4, -0.2) is 64.3 Å². The molecule has 0 unspecified atom stereocenters. The maximum absolute atomic E-state index is 13.6. The molecule has 32 heavy (non-hydrogen) atoms. The van der Waals surface area contributed by atoms with Crippen LogP contribution in [0.15, 0.2) is 0 Å². The molecule has 4 rings (SSSR count). The first-order chi connectivity index (χ1) is 15.4. The lowest BCUT2D eigenvalue weighted by Gasteiger charge is -2.41. The van der Waals surface area contributed by atoms with E-state index in [0.29, 0.717) is 6.42 Å². The number of piperidine rings is 1. The fraction of sp³-hybridized carbons (Fsp3) is 0.750. The van der Waals surface area contributed by atoms with E-state index in [1.54, 1.807) is 6.92 Å². The Balaban J connectivity index is 1.59. The summed E-state index contributed by atoms with van der Waals surface area (Å²) in [5.74, 6) is 1.73. The first kappa shape index (κ1) is 23.0. The minimum atomic E-state index is -0.402. The zero-order chi connectivity index (χ0) is 22.7. The average molecular weight is 443 g/mol. The van der Waals surface area contributed by atoms with Gasteiger partial charge >= 0.3 is 0 Å². The second-order valence-corrected chi connectivity index (χ2v) is 9.89. The van der Waals surface area contributed by atoms with Crippen LogP contribution in [0.1, 0.15) is 87.8 Å². The number of aromatic nitrogens is 2. The van der Waals surface area contributed by atoms with Gasteiger partial charge in [0.1, 0.15) is 5.82 Å². The molecule has 2 amide bonds. The molecular formula is C24H38N6O2. The van der Waals surface area contributed by atoms with Crippen LogP contribution < -0.4 is 10.6 Å². The van der Waals surface area contributed by atoms with Gasteiger partial charge < -0.3 is 20.4 Å². The van der Waals surface area contributed by atoms with Crippen molar-refractivity contribution < 1.29 is 9.59 Å². The van der Waals surface area contributed by atoms with Crippen LogP contribution in [0.25, 0.3) is 0 Å². The van der Waals surface area contributed by atoms with Crippen molar-refractivity contribution in [2.45, 2.75) is 89.3 Å². The Morgan fingerprint density at radius 3 is 2.59 bits per heavy atom. The molecule has 2 aliphatic heterocycles. The molecule has 1 aliphatic carbocycles. The van der Waals surface area contributed by atoms with Gasteiger partial charge in [-0.2, -0.15) is 0 Å². The van der Waals surface area contributed by atoms with Gasteiger partial charge in [-0.05, 0) is 39.2 Å². The Bertz CT molecular complexity index is 834. The number of amides is 2. The van der Waals surface area contributed by atoms with Crippen molar-refractivity contribution in [1.82, 2.24) is 25.1 Å². The molecular weight excluding hydrogens is 404 g/mol. The minimum Gasteiger partial charge on any atom is -0.373 e. The lowest BCUT2D eigenvalue weighted by molar-refractivity contribution is -0.137. The summed E-state index contributed by atoms with van der Waals surface area (Å²) < 4.78 is 0. The Morgan fingerprint density at radius 2 is 1.88 bits per heavy atom. The Hall–Kier alpha value is -2.22. The molecule has 8 nitrogen and oxygen atoms in total. The maximum Gasteiger partial charge on any atom is 0.225 e. The average Bonchev–Trinajstić information content (AvgIpc) is 2.78. The van der Waals surface area contributed by atoms with Gasteiger partial charge in [0.05, 0.1) is 11.7 Å². The van der Waals surface area contributed by atoms with E-state index in [4.69, 9.17) is 9.97 Å². The van der Waals surface area contributed by atoms with E-state index in [1.807, 2.05) is 11.9 Å². The van der Waals surface area contributed by atoms with Crippen LogP contribution >= 0.6 is 0 Å². The van der Waals surface area contributed by atoms with E-state index in [1.165, 1.54) is 12.0 Å². The van der Waals surface area contributed by atoms with Crippen molar-refractivity contribution in [2.24, 2.45) is 0 Å². The van der Waals surface area contributed by atoms with Crippen molar-refractivity contribution in [2.75, 3.05) is 32.5 Å². The molecule has 0 radical (unpaired) electrons. The number of fused-ring (bicyclic) bond motifs is 1. The van der Waals surface area contributed by atoms with E-state index in [0.717, 1.165) is 88.3 Å².